The number of ketones is 1. The number of nitrogens with zero attached hydrogens (tertiary/aromatic N) is 2. The number of aryl methyl sites for hydroxylation is 1. The van der Waals surface area contributed by atoms with Crippen molar-refractivity contribution >= 4 is 17.7 Å². The van der Waals surface area contributed by atoms with Crippen LogP contribution in [0.5, 0.6) is 0 Å². The van der Waals surface area contributed by atoms with Crippen molar-refractivity contribution in [3.8, 4) is 0 Å². The number of hydrogen-bond donors (Lipinski definition) is 1. The van der Waals surface area contributed by atoms with Gasteiger partial charge in [0.25, 0.3) is 0 Å². The summed E-state index contributed by atoms with van der Waals surface area (Å²) in [6.45, 7) is 3.88. The fourth-order valence-electron chi connectivity index (χ4n) is 4.75. The smallest absolute Gasteiger partial charge is 0.318 e. The first-order chi connectivity index (χ1) is 16.5. The molecule has 2 atom stereocenters. The van der Waals surface area contributed by atoms with E-state index < -0.39 is 12.1 Å². The first-order valence-corrected chi connectivity index (χ1v) is 12.1. The van der Waals surface area contributed by atoms with Crippen molar-refractivity contribution in [1.82, 2.24) is 15.1 Å². The summed E-state index contributed by atoms with van der Waals surface area (Å²) in [5, 5.41) is 2.94. The molecule has 3 amide bonds. The van der Waals surface area contributed by atoms with Crippen LogP contribution in [0.2, 0.25) is 0 Å². The van der Waals surface area contributed by atoms with Gasteiger partial charge < -0.3 is 19.9 Å². The molecule has 0 spiro atoms. The summed E-state index contributed by atoms with van der Waals surface area (Å²) in [5.41, 5.74) is 3.19. The van der Waals surface area contributed by atoms with Gasteiger partial charge in [-0.1, -0.05) is 60.2 Å². The second-order valence-corrected chi connectivity index (χ2v) is 9.13. The van der Waals surface area contributed by atoms with Crippen LogP contribution in [0.1, 0.15) is 42.4 Å². The predicted octanol–water partition coefficient (Wildman–Crippen LogP) is 3.45. The maximum Gasteiger partial charge on any atom is 0.318 e. The average molecular weight is 464 g/mol. The number of rotatable bonds is 8. The van der Waals surface area contributed by atoms with Gasteiger partial charge in [-0.2, -0.15) is 0 Å². The van der Waals surface area contributed by atoms with E-state index in [0.29, 0.717) is 39.1 Å². The zero-order chi connectivity index (χ0) is 23.9. The Morgan fingerprint density at radius 1 is 0.882 bits per heavy atom. The zero-order valence-electron chi connectivity index (χ0n) is 19.7. The number of Topliss-reactive ketones (excluding diaryl/α,β-unsaturated/α-hetero) is 1. The highest BCUT2D eigenvalue weighted by Crippen LogP contribution is 2.25. The highest BCUT2D eigenvalue weighted by molar-refractivity contribution is 5.93. The van der Waals surface area contributed by atoms with Gasteiger partial charge in [-0.3, -0.25) is 9.59 Å². The molecule has 0 unspecified atom stereocenters. The van der Waals surface area contributed by atoms with Crippen LogP contribution in [0.3, 0.4) is 0 Å². The third kappa shape index (κ3) is 5.83. The molecule has 2 fully saturated rings. The summed E-state index contributed by atoms with van der Waals surface area (Å²) < 4.78 is 5.63. The summed E-state index contributed by atoms with van der Waals surface area (Å²) >= 11 is 0. The third-order valence-electron chi connectivity index (χ3n) is 6.63. The molecule has 0 radical (unpaired) electrons. The Bertz CT molecular complexity index is 993. The average Bonchev–Trinajstić information content (AvgIpc) is 3.54. The van der Waals surface area contributed by atoms with Gasteiger partial charge in [0.05, 0.1) is 12.6 Å². The molecule has 34 heavy (non-hydrogen) atoms. The monoisotopic (exact) mass is 463 g/mol. The molecule has 2 aliphatic heterocycles. The molecule has 0 aromatic heterocycles. The van der Waals surface area contributed by atoms with E-state index in [2.05, 4.69) is 5.32 Å². The van der Waals surface area contributed by atoms with Crippen molar-refractivity contribution in [2.24, 2.45) is 0 Å². The van der Waals surface area contributed by atoms with Crippen molar-refractivity contribution < 1.29 is 19.1 Å². The van der Waals surface area contributed by atoms with Crippen molar-refractivity contribution in [3.63, 3.8) is 0 Å². The minimum atomic E-state index is -0.517. The van der Waals surface area contributed by atoms with Crippen LogP contribution in [0, 0.1) is 6.92 Å². The normalized spacial score (nSPS) is 19.9. The zero-order valence-corrected chi connectivity index (χ0v) is 19.7. The lowest BCUT2D eigenvalue weighted by Gasteiger charge is -2.31. The van der Waals surface area contributed by atoms with E-state index in [-0.39, 0.29) is 24.3 Å². The predicted molar refractivity (Wildman–Crippen MR) is 129 cm³/mol. The van der Waals surface area contributed by atoms with E-state index in [1.165, 1.54) is 5.56 Å². The number of ether oxygens (including phenoxy) is 1. The molecule has 2 heterocycles. The largest absolute Gasteiger partial charge is 0.369 e. The summed E-state index contributed by atoms with van der Waals surface area (Å²) in [6.07, 6.45) is 2.83. The summed E-state index contributed by atoms with van der Waals surface area (Å²) in [7, 11) is 0. The highest BCUT2D eigenvalue weighted by atomic mass is 16.5. The van der Waals surface area contributed by atoms with Gasteiger partial charge in [-0.05, 0) is 43.7 Å². The van der Waals surface area contributed by atoms with Crippen LogP contribution < -0.4 is 5.32 Å². The Morgan fingerprint density at radius 3 is 2.29 bits per heavy atom. The van der Waals surface area contributed by atoms with Gasteiger partial charge in [0.1, 0.15) is 12.6 Å². The Balaban J connectivity index is 1.31. The fraction of sp³-hybridized carbons (Fsp3) is 0.444. The van der Waals surface area contributed by atoms with Crippen molar-refractivity contribution in [3.05, 3.63) is 71.3 Å². The van der Waals surface area contributed by atoms with Gasteiger partial charge in [-0.15, -0.1) is 0 Å². The third-order valence-corrected chi connectivity index (χ3v) is 6.63. The molecule has 0 saturated carbocycles. The molecule has 180 valence electrons. The molecule has 1 N–H and O–H groups in total. The second kappa shape index (κ2) is 11.3. The number of benzene rings is 2. The van der Waals surface area contributed by atoms with Crippen LogP contribution in [0.25, 0.3) is 0 Å². The first kappa shape index (κ1) is 24.0. The molecule has 0 aliphatic carbocycles. The first-order valence-electron chi connectivity index (χ1n) is 12.1. The molecule has 2 aromatic carbocycles. The van der Waals surface area contributed by atoms with Crippen molar-refractivity contribution in [2.45, 2.75) is 57.8 Å². The van der Waals surface area contributed by atoms with Crippen molar-refractivity contribution in [2.75, 3.05) is 19.7 Å². The Labute approximate surface area is 201 Å². The second-order valence-electron chi connectivity index (χ2n) is 9.13. The van der Waals surface area contributed by atoms with E-state index in [0.717, 1.165) is 24.0 Å². The Kier molecular flexibility index (Phi) is 7.95. The van der Waals surface area contributed by atoms with Crippen LogP contribution in [-0.2, 0) is 27.5 Å². The maximum atomic E-state index is 13.4. The molecule has 2 saturated heterocycles. The van der Waals surface area contributed by atoms with E-state index in [1.807, 2.05) is 61.5 Å². The molecule has 4 rings (SSSR count). The van der Waals surface area contributed by atoms with E-state index in [1.54, 1.807) is 9.80 Å². The molecule has 7 nitrogen and oxygen atoms in total. The highest BCUT2D eigenvalue weighted by Gasteiger charge is 2.41. The molecule has 2 aliphatic rings. The summed E-state index contributed by atoms with van der Waals surface area (Å²) in [6, 6.07) is 16.5. The van der Waals surface area contributed by atoms with Gasteiger partial charge in [0.15, 0.2) is 5.78 Å². The van der Waals surface area contributed by atoms with E-state index in [4.69, 9.17) is 4.74 Å². The van der Waals surface area contributed by atoms with Crippen LogP contribution >= 0.6 is 0 Å². The lowest BCUT2D eigenvalue weighted by molar-refractivity contribution is -0.142. The van der Waals surface area contributed by atoms with E-state index >= 15 is 0 Å². The number of nitrogens with one attached hydrogen (secondary N) is 1. The quantitative estimate of drug-likeness (QED) is 0.651. The minimum Gasteiger partial charge on any atom is -0.369 e. The molecular weight excluding hydrogens is 430 g/mol. The Morgan fingerprint density at radius 2 is 1.56 bits per heavy atom. The number of carbonyl (C=O) groups is 3. The number of hydrogen-bond acceptors (Lipinski definition) is 4. The Hall–Kier alpha value is -3.19. The lowest BCUT2D eigenvalue weighted by atomic mass is 10.1. The fourth-order valence-corrected chi connectivity index (χ4v) is 4.75. The summed E-state index contributed by atoms with van der Waals surface area (Å²) in [5.74, 6) is -0.197. The van der Waals surface area contributed by atoms with Gasteiger partial charge in [0.2, 0.25) is 5.91 Å². The van der Waals surface area contributed by atoms with Crippen LogP contribution in [0.4, 0.5) is 4.79 Å². The molecule has 2 aromatic rings. The lowest BCUT2D eigenvalue weighted by Crippen LogP contribution is -2.53. The molecule has 0 bridgehead atoms. The van der Waals surface area contributed by atoms with E-state index in [9.17, 15) is 14.4 Å². The van der Waals surface area contributed by atoms with Gasteiger partial charge in [-0.25, -0.2) is 4.79 Å². The number of carbonyl (C=O) groups excluding carboxylic acids is 3. The maximum absolute atomic E-state index is 13.4. The number of urea groups is 1. The molecule has 7 heteroatoms. The summed E-state index contributed by atoms with van der Waals surface area (Å²) in [4.78, 5) is 42.4. The van der Waals surface area contributed by atoms with Gasteiger partial charge >= 0.3 is 6.03 Å². The standard InChI is InChI=1S/C27H33N3O4/c1-20-11-13-21(14-12-20)17-28-27(33)30-16-6-10-24(30)26(32)29-15-5-9-23(29)25(31)19-34-18-22-7-3-2-4-8-22/h2-4,7-8,11-14,23-24H,5-6,9-10,15-19H2,1H3,(H,28,33)/t23-,24-/m0/s1. The van der Waals surface area contributed by atoms with Crippen molar-refractivity contribution in [1.29, 1.82) is 0 Å². The molecular formula is C27H33N3O4. The van der Waals surface area contributed by atoms with Crippen LogP contribution in [0.15, 0.2) is 54.6 Å². The topological polar surface area (TPSA) is 79.0 Å². The van der Waals surface area contributed by atoms with Gasteiger partial charge in [0, 0.05) is 19.6 Å². The number of likely N-dealkylation sites (tertiary alicyclic amines) is 2. The number of amides is 3. The van der Waals surface area contributed by atoms with Crippen LogP contribution in [-0.4, -0.2) is 59.3 Å². The SMILES string of the molecule is Cc1ccc(CNC(=O)N2CCC[C@H]2C(=O)N2CCC[C@H]2C(=O)COCc2ccccc2)cc1. The minimum absolute atomic E-state index is 0.0191.